The van der Waals surface area contributed by atoms with Crippen LogP contribution < -0.4 is 10.2 Å². The van der Waals surface area contributed by atoms with Crippen molar-refractivity contribution in [1.29, 1.82) is 0 Å². The van der Waals surface area contributed by atoms with Gasteiger partial charge in [0.25, 0.3) is 0 Å². The van der Waals surface area contributed by atoms with Gasteiger partial charge in [0.1, 0.15) is 0 Å². The molecule has 3 heteroatoms. The van der Waals surface area contributed by atoms with Gasteiger partial charge in [0.2, 0.25) is 0 Å². The summed E-state index contributed by atoms with van der Waals surface area (Å²) in [6.07, 6.45) is 4.95. The Morgan fingerprint density at radius 2 is 1.12 bits per heavy atom. The molecule has 1 aliphatic heterocycles. The second-order valence-electron chi connectivity index (χ2n) is 13.4. The van der Waals surface area contributed by atoms with Gasteiger partial charge in [-0.2, -0.15) is 0 Å². The third kappa shape index (κ3) is 4.89. The number of allylic oxidation sites excluding steroid dienone is 2. The van der Waals surface area contributed by atoms with Crippen molar-refractivity contribution in [2.45, 2.75) is 12.0 Å². The monoisotopic (exact) mass is 653 g/mol. The first kappa shape index (κ1) is 29.3. The Hall–Kier alpha value is -6.58. The molecule has 2 unspecified atom stereocenters. The molecule has 2 aliphatic rings. The van der Waals surface area contributed by atoms with Crippen LogP contribution in [0.1, 0.15) is 22.6 Å². The highest BCUT2D eigenvalue weighted by molar-refractivity contribution is 6.10. The summed E-state index contributed by atoms with van der Waals surface area (Å²) in [4.78, 5) is 2.56. The van der Waals surface area contributed by atoms with Gasteiger partial charge in [-0.15, -0.1) is 0 Å². The minimum Gasteiger partial charge on any atom is -0.355 e. The first-order valence-electron chi connectivity index (χ1n) is 17.7. The van der Waals surface area contributed by atoms with E-state index in [0.717, 1.165) is 11.4 Å². The van der Waals surface area contributed by atoms with Crippen molar-refractivity contribution in [3.8, 4) is 5.69 Å². The molecule has 0 spiro atoms. The van der Waals surface area contributed by atoms with E-state index < -0.39 is 0 Å². The standard InChI is InChI=1S/C48H35N3/c1-4-16-35(17-5-1)49-44-25-13-10-22-38(44)34-31-41(48-43(32-34)40-24-12-15-27-46(40)51(48)37-20-8-3-9-21-37)33-28-29-47-42(30-33)39-23-11-14-26-45(39)50(47)36-18-6-2-7-19-36/h1-32,41,48-49H. The predicted molar refractivity (Wildman–Crippen MR) is 214 cm³/mol. The number of para-hydroxylation sites is 6. The van der Waals surface area contributed by atoms with Crippen LogP contribution in [0.4, 0.5) is 22.7 Å². The number of anilines is 4. The molecule has 2 atom stereocenters. The zero-order chi connectivity index (χ0) is 33.7. The van der Waals surface area contributed by atoms with Crippen LogP contribution >= 0.6 is 0 Å². The first-order chi connectivity index (χ1) is 25.3. The lowest BCUT2D eigenvalue weighted by atomic mass is 9.78. The molecule has 51 heavy (non-hydrogen) atoms. The Kier molecular flexibility index (Phi) is 6.95. The lowest BCUT2D eigenvalue weighted by Gasteiger charge is -2.36. The summed E-state index contributed by atoms with van der Waals surface area (Å²) in [5.41, 5.74) is 14.6. The fraction of sp³-hybridized carbons (Fsp3) is 0.0417. The van der Waals surface area contributed by atoms with E-state index in [1.165, 1.54) is 66.7 Å². The quantitative estimate of drug-likeness (QED) is 0.193. The Morgan fingerprint density at radius 3 is 1.92 bits per heavy atom. The lowest BCUT2D eigenvalue weighted by Crippen LogP contribution is -2.33. The van der Waals surface area contributed by atoms with E-state index in [1.807, 2.05) is 0 Å². The van der Waals surface area contributed by atoms with Crippen LogP contribution in [0.15, 0.2) is 194 Å². The van der Waals surface area contributed by atoms with Crippen LogP contribution in [0.5, 0.6) is 0 Å². The van der Waals surface area contributed by atoms with Gasteiger partial charge >= 0.3 is 0 Å². The summed E-state index contributed by atoms with van der Waals surface area (Å²) < 4.78 is 2.40. The van der Waals surface area contributed by atoms with Crippen molar-refractivity contribution in [3.63, 3.8) is 0 Å². The van der Waals surface area contributed by atoms with Gasteiger partial charge < -0.3 is 14.8 Å². The zero-order valence-electron chi connectivity index (χ0n) is 28.0. The van der Waals surface area contributed by atoms with Gasteiger partial charge in [-0.25, -0.2) is 0 Å². The van der Waals surface area contributed by atoms with Crippen LogP contribution in [0.2, 0.25) is 0 Å². The highest BCUT2D eigenvalue weighted by Gasteiger charge is 2.42. The molecule has 0 saturated carbocycles. The summed E-state index contributed by atoms with van der Waals surface area (Å²) in [5.74, 6) is 0.0700. The fourth-order valence-electron chi connectivity index (χ4n) is 8.30. The number of aromatic nitrogens is 1. The lowest BCUT2D eigenvalue weighted by molar-refractivity contribution is 0.726. The first-order valence-corrected chi connectivity index (χ1v) is 17.7. The van der Waals surface area contributed by atoms with Gasteiger partial charge in [0.05, 0.1) is 17.1 Å². The van der Waals surface area contributed by atoms with Gasteiger partial charge in [0.15, 0.2) is 0 Å². The van der Waals surface area contributed by atoms with Crippen LogP contribution in [0.25, 0.3) is 38.6 Å². The molecule has 0 bridgehead atoms. The molecule has 3 nitrogen and oxygen atoms in total. The van der Waals surface area contributed by atoms with E-state index in [0.29, 0.717) is 0 Å². The molecule has 242 valence electrons. The molecule has 0 saturated heterocycles. The number of nitrogens with zero attached hydrogens (tertiary/aromatic N) is 2. The van der Waals surface area contributed by atoms with Crippen LogP contribution in [0, 0.1) is 0 Å². The second kappa shape index (κ2) is 12.1. The van der Waals surface area contributed by atoms with Crippen molar-refractivity contribution in [3.05, 3.63) is 211 Å². The second-order valence-corrected chi connectivity index (χ2v) is 13.4. The summed E-state index contributed by atoms with van der Waals surface area (Å²) >= 11 is 0. The average molecular weight is 654 g/mol. The highest BCUT2D eigenvalue weighted by atomic mass is 15.2. The normalized spacial score (nSPS) is 16.4. The van der Waals surface area contributed by atoms with Gasteiger partial charge in [-0.3, -0.25) is 0 Å². The molecule has 8 aromatic rings. The fourth-order valence-corrected chi connectivity index (χ4v) is 8.30. The van der Waals surface area contributed by atoms with Gasteiger partial charge in [0, 0.05) is 56.3 Å². The van der Waals surface area contributed by atoms with Crippen LogP contribution in [0.3, 0.4) is 0 Å². The molecule has 0 fully saturated rings. The highest BCUT2D eigenvalue weighted by Crippen LogP contribution is 2.53. The Morgan fingerprint density at radius 1 is 0.490 bits per heavy atom. The van der Waals surface area contributed by atoms with Crippen LogP contribution in [-0.4, -0.2) is 10.6 Å². The number of hydrogen-bond donors (Lipinski definition) is 1. The van der Waals surface area contributed by atoms with Crippen molar-refractivity contribution in [2.75, 3.05) is 10.2 Å². The van der Waals surface area contributed by atoms with Crippen molar-refractivity contribution < 1.29 is 0 Å². The third-order valence-corrected chi connectivity index (χ3v) is 10.5. The molecule has 1 aromatic heterocycles. The number of rotatable bonds is 6. The molecule has 0 radical (unpaired) electrons. The van der Waals surface area contributed by atoms with Gasteiger partial charge in [-0.05, 0) is 89.5 Å². The van der Waals surface area contributed by atoms with E-state index in [2.05, 4.69) is 209 Å². The summed E-state index contributed by atoms with van der Waals surface area (Å²) in [6.45, 7) is 0. The number of nitrogens with one attached hydrogen (secondary N) is 1. The topological polar surface area (TPSA) is 20.2 Å². The summed E-state index contributed by atoms with van der Waals surface area (Å²) in [7, 11) is 0. The molecular formula is C48H35N3. The van der Waals surface area contributed by atoms with E-state index in [9.17, 15) is 0 Å². The van der Waals surface area contributed by atoms with E-state index in [-0.39, 0.29) is 12.0 Å². The minimum absolute atomic E-state index is 0.0700. The third-order valence-electron chi connectivity index (χ3n) is 10.5. The summed E-state index contributed by atoms with van der Waals surface area (Å²) in [5, 5.41) is 6.25. The number of benzene rings is 7. The van der Waals surface area contributed by atoms with Crippen molar-refractivity contribution >= 4 is 55.7 Å². The molecule has 2 heterocycles. The van der Waals surface area contributed by atoms with Crippen molar-refractivity contribution in [1.82, 2.24) is 4.57 Å². The maximum Gasteiger partial charge on any atom is 0.0702 e. The predicted octanol–water partition coefficient (Wildman–Crippen LogP) is 12.3. The zero-order valence-corrected chi connectivity index (χ0v) is 28.0. The van der Waals surface area contributed by atoms with Crippen molar-refractivity contribution in [2.24, 2.45) is 0 Å². The van der Waals surface area contributed by atoms with E-state index in [1.54, 1.807) is 0 Å². The molecule has 0 amide bonds. The number of fused-ring (bicyclic) bond motifs is 6. The smallest absolute Gasteiger partial charge is 0.0702 e. The molecule has 10 rings (SSSR count). The molecule has 1 N–H and O–H groups in total. The van der Waals surface area contributed by atoms with Crippen LogP contribution in [-0.2, 0) is 0 Å². The van der Waals surface area contributed by atoms with E-state index >= 15 is 0 Å². The SMILES string of the molecule is C1=C(c2ccccc2Nc2ccccc2)C=C2c3ccccc3N(c3ccccc3)C2C1c1ccc2c(c1)c1ccccc1n2-c1ccccc1. The molecule has 1 aliphatic carbocycles. The average Bonchev–Trinajstić information content (AvgIpc) is 3.71. The number of hydrogen-bond acceptors (Lipinski definition) is 2. The molecule has 7 aromatic carbocycles. The largest absolute Gasteiger partial charge is 0.355 e. The van der Waals surface area contributed by atoms with E-state index in [4.69, 9.17) is 0 Å². The molecular weight excluding hydrogens is 619 g/mol. The Bertz CT molecular complexity index is 2620. The maximum atomic E-state index is 3.72. The minimum atomic E-state index is 0.0700. The Balaban J connectivity index is 1.20. The van der Waals surface area contributed by atoms with Gasteiger partial charge in [-0.1, -0.05) is 121 Å². The maximum absolute atomic E-state index is 3.72. The Labute approximate surface area is 298 Å². The summed E-state index contributed by atoms with van der Waals surface area (Å²) in [6, 6.07) is 65.7.